The number of hydrogen-bond donors (Lipinski definition) is 4. The van der Waals surface area contributed by atoms with Gasteiger partial charge in [0.15, 0.2) is 18.9 Å². The molecule has 22 heavy (non-hydrogen) atoms. The topological polar surface area (TPSA) is 167 Å². The Morgan fingerprint density at radius 1 is 1.45 bits per heavy atom. The van der Waals surface area contributed by atoms with Gasteiger partial charge >= 0.3 is 13.3 Å². The highest BCUT2D eigenvalue weighted by molar-refractivity contribution is 7.51. The number of H-pyrrole nitrogens is 1. The molecule has 2 heterocycles. The van der Waals surface area contributed by atoms with Crippen LogP contribution in [0.15, 0.2) is 34.5 Å². The average Bonchev–Trinajstić information content (AvgIpc) is 2.84. The van der Waals surface area contributed by atoms with Crippen molar-refractivity contribution in [2.75, 3.05) is 6.35 Å². The fourth-order valence-electron chi connectivity index (χ4n) is 1.67. The molecule has 2 rings (SSSR count). The van der Waals surface area contributed by atoms with E-state index in [4.69, 9.17) is 19.3 Å². The molecule has 0 radical (unpaired) electrons. The maximum Gasteiger partial charge on any atom is 0.351 e. The summed E-state index contributed by atoms with van der Waals surface area (Å²) < 4.78 is 22.0. The first kappa shape index (κ1) is 18.2. The molecule has 0 bridgehead atoms. The van der Waals surface area contributed by atoms with Crippen molar-refractivity contribution in [1.82, 2.24) is 15.7 Å². The minimum absolute atomic E-state index is 0. The molecular formula is C11H17N3O7P+. The Morgan fingerprint density at radius 2 is 2.14 bits per heavy atom. The van der Waals surface area contributed by atoms with Crippen LogP contribution in [0.2, 0.25) is 0 Å². The van der Waals surface area contributed by atoms with Crippen molar-refractivity contribution >= 4 is 13.7 Å². The highest BCUT2D eigenvalue weighted by Gasteiger charge is 2.25. The lowest BCUT2D eigenvalue weighted by atomic mass is 10.3. The molecule has 0 saturated carbocycles. The summed E-state index contributed by atoms with van der Waals surface area (Å²) in [6.07, 6.45) is 2.79. The molecule has 2 atom stereocenters. The predicted octanol–water partition coefficient (Wildman–Crippen LogP) is 0.119. The minimum atomic E-state index is -4.30. The van der Waals surface area contributed by atoms with Gasteiger partial charge in [-0.2, -0.15) is 0 Å². The summed E-state index contributed by atoms with van der Waals surface area (Å²) in [5, 5.41) is 0. The first-order valence-corrected chi connectivity index (χ1v) is 7.58. The van der Waals surface area contributed by atoms with E-state index in [0.717, 1.165) is 4.57 Å². The van der Waals surface area contributed by atoms with Gasteiger partial charge in [0.25, 0.3) is 5.56 Å². The van der Waals surface area contributed by atoms with Crippen molar-refractivity contribution in [3.05, 3.63) is 51.3 Å². The Labute approximate surface area is 124 Å². The number of nitrogens with one attached hydrogen (secondary N) is 1. The maximum absolute atomic E-state index is 11.7. The lowest BCUT2D eigenvalue weighted by molar-refractivity contribution is -0.127. The average molecular weight is 334 g/mol. The van der Waals surface area contributed by atoms with Gasteiger partial charge in [-0.25, -0.2) is 4.79 Å². The van der Waals surface area contributed by atoms with Crippen LogP contribution in [0.25, 0.3) is 6.08 Å². The Kier molecular flexibility index (Phi) is 5.78. The summed E-state index contributed by atoms with van der Waals surface area (Å²) in [7, 11) is -4.30. The zero-order chi connectivity index (χ0) is 15.6. The first-order chi connectivity index (χ1) is 9.80. The lowest BCUT2D eigenvalue weighted by Gasteiger charge is -2.16. The second-order valence-corrected chi connectivity index (χ2v) is 5.78. The third kappa shape index (κ3) is 4.34. The maximum atomic E-state index is 11.7. The zero-order valence-electron chi connectivity index (χ0n) is 11.7. The normalized spacial score (nSPS) is 20.6. The Hall–Kier alpha value is -1.81. The highest BCUT2D eigenvalue weighted by Crippen LogP contribution is 2.35. The molecule has 0 spiro atoms. The van der Waals surface area contributed by atoms with E-state index in [9.17, 15) is 14.2 Å². The molecule has 7 N–H and O–H groups in total. The van der Waals surface area contributed by atoms with E-state index in [-0.39, 0.29) is 11.7 Å². The van der Waals surface area contributed by atoms with Gasteiger partial charge < -0.3 is 25.4 Å². The van der Waals surface area contributed by atoms with Crippen LogP contribution < -0.4 is 17.4 Å². The molecule has 10 nitrogen and oxygen atoms in total. The SMILES string of the molecule is C=Cc1cn(C2C=CC(OCP(=O)(O)O)O2)c(=O)[nH]c1=O.[NH4+]. The molecule has 0 saturated heterocycles. The number of quaternary nitrogens is 1. The first-order valence-electron chi connectivity index (χ1n) is 5.78. The summed E-state index contributed by atoms with van der Waals surface area (Å²) >= 11 is 0. The number of aromatic amines is 1. The van der Waals surface area contributed by atoms with Gasteiger partial charge in [0.1, 0.15) is 0 Å². The minimum Gasteiger partial charge on any atom is -0.369 e. The van der Waals surface area contributed by atoms with Crippen molar-refractivity contribution in [1.29, 1.82) is 0 Å². The number of ether oxygens (including phenoxy) is 2. The van der Waals surface area contributed by atoms with E-state index in [1.807, 2.05) is 0 Å². The van der Waals surface area contributed by atoms with E-state index in [1.165, 1.54) is 24.4 Å². The number of nitrogens with zero attached hydrogens (tertiary/aromatic N) is 1. The Morgan fingerprint density at radius 3 is 2.73 bits per heavy atom. The van der Waals surface area contributed by atoms with Gasteiger partial charge in [-0.1, -0.05) is 12.7 Å². The van der Waals surface area contributed by atoms with Crippen molar-refractivity contribution in [2.45, 2.75) is 12.5 Å². The highest BCUT2D eigenvalue weighted by atomic mass is 31.2. The van der Waals surface area contributed by atoms with E-state index >= 15 is 0 Å². The molecule has 11 heteroatoms. The number of aromatic nitrogens is 2. The molecule has 2 unspecified atom stereocenters. The van der Waals surface area contributed by atoms with Crippen molar-refractivity contribution < 1.29 is 23.8 Å². The van der Waals surface area contributed by atoms with Gasteiger partial charge in [-0.3, -0.25) is 18.9 Å². The summed E-state index contributed by atoms with van der Waals surface area (Å²) in [5.41, 5.74) is -1.07. The van der Waals surface area contributed by atoms with Crippen LogP contribution in [0.5, 0.6) is 0 Å². The van der Waals surface area contributed by atoms with Crippen molar-refractivity contribution in [3.63, 3.8) is 0 Å². The smallest absolute Gasteiger partial charge is 0.351 e. The van der Waals surface area contributed by atoms with E-state index < -0.39 is 37.7 Å². The molecule has 0 aliphatic carbocycles. The molecule has 122 valence electrons. The van der Waals surface area contributed by atoms with Crippen LogP contribution in [-0.4, -0.2) is 32.0 Å². The van der Waals surface area contributed by atoms with E-state index in [2.05, 4.69) is 11.6 Å². The standard InChI is InChI=1S/C11H13N2O7P.H3N/c1-2-7-5-13(11(15)12-10(7)14)8-3-4-9(20-8)19-6-21(16,17)18;/h2-5,8-9H,1,6H2,(H,12,14,15)(H2,16,17,18);1H3/p+1. The van der Waals surface area contributed by atoms with Crippen LogP contribution in [0, 0.1) is 0 Å². The quantitative estimate of drug-likeness (QED) is 0.438. The van der Waals surface area contributed by atoms with Gasteiger partial charge in [0.2, 0.25) is 0 Å². The molecule has 0 amide bonds. The molecule has 0 aromatic carbocycles. The zero-order valence-corrected chi connectivity index (χ0v) is 12.6. The predicted molar refractivity (Wildman–Crippen MR) is 78.4 cm³/mol. The molecule has 1 aromatic rings. The summed E-state index contributed by atoms with van der Waals surface area (Å²) in [4.78, 5) is 42.6. The molecule has 0 fully saturated rings. The van der Waals surface area contributed by atoms with Gasteiger partial charge in [0, 0.05) is 6.20 Å². The molecule has 1 aromatic heterocycles. The Balaban J connectivity index is 0.00000242. The van der Waals surface area contributed by atoms with Crippen LogP contribution in [-0.2, 0) is 14.0 Å². The second kappa shape index (κ2) is 6.97. The number of hydrogen-bond acceptors (Lipinski definition) is 5. The lowest BCUT2D eigenvalue weighted by Crippen LogP contribution is -2.33. The number of rotatable bonds is 5. The van der Waals surface area contributed by atoms with Gasteiger partial charge in [-0.05, 0) is 12.2 Å². The Bertz CT molecular complexity index is 732. The monoisotopic (exact) mass is 334 g/mol. The van der Waals surface area contributed by atoms with Crippen molar-refractivity contribution in [2.24, 2.45) is 0 Å². The summed E-state index contributed by atoms with van der Waals surface area (Å²) in [5.74, 6) is 0. The summed E-state index contributed by atoms with van der Waals surface area (Å²) in [6, 6.07) is 0. The largest absolute Gasteiger partial charge is 0.369 e. The van der Waals surface area contributed by atoms with Gasteiger partial charge in [-0.15, -0.1) is 0 Å². The second-order valence-electron chi connectivity index (χ2n) is 4.20. The van der Waals surface area contributed by atoms with Crippen LogP contribution in [0.4, 0.5) is 0 Å². The van der Waals surface area contributed by atoms with Gasteiger partial charge in [0.05, 0.1) is 5.56 Å². The van der Waals surface area contributed by atoms with E-state index in [0.29, 0.717) is 0 Å². The van der Waals surface area contributed by atoms with Crippen molar-refractivity contribution in [3.8, 4) is 0 Å². The summed E-state index contributed by atoms with van der Waals surface area (Å²) in [6.45, 7) is 3.46. The molecule has 1 aliphatic heterocycles. The van der Waals surface area contributed by atoms with Crippen LogP contribution in [0.1, 0.15) is 11.8 Å². The molecular weight excluding hydrogens is 317 g/mol. The van der Waals surface area contributed by atoms with Crippen LogP contribution >= 0.6 is 7.60 Å². The van der Waals surface area contributed by atoms with Crippen LogP contribution in [0.3, 0.4) is 0 Å². The third-order valence-electron chi connectivity index (χ3n) is 2.60. The fraction of sp³-hybridized carbons (Fsp3) is 0.273. The molecule has 1 aliphatic rings. The fourth-order valence-corrected chi connectivity index (χ4v) is 2.01. The van der Waals surface area contributed by atoms with E-state index in [1.54, 1.807) is 0 Å². The third-order valence-corrected chi connectivity index (χ3v) is 3.09.